The molecule has 0 aliphatic carbocycles. The Kier molecular flexibility index (Phi) is 8.52. The molecule has 1 aromatic heterocycles. The number of rotatable bonds is 8. The molecule has 0 aliphatic rings. The van der Waals surface area contributed by atoms with Gasteiger partial charge in [-0.1, -0.05) is 34.1 Å². The molecule has 0 radical (unpaired) electrons. The summed E-state index contributed by atoms with van der Waals surface area (Å²) in [5, 5.41) is 4.90. The average Bonchev–Trinajstić information content (AvgIpc) is 2.84. The second kappa shape index (κ2) is 11.8. The normalized spacial score (nSPS) is 11.0. The van der Waals surface area contributed by atoms with Crippen molar-refractivity contribution in [1.29, 1.82) is 0 Å². The third-order valence-electron chi connectivity index (χ3n) is 4.70. The van der Waals surface area contributed by atoms with Crippen LogP contribution in [0.15, 0.2) is 87.0 Å². The summed E-state index contributed by atoms with van der Waals surface area (Å²) >= 11 is 9.25. The minimum Gasteiger partial charge on any atom is -0.489 e. The fraction of sp³-hybridized carbons (Fsp3) is 0.0800. The lowest BCUT2D eigenvalue weighted by atomic mass is 10.2. The Labute approximate surface area is 227 Å². The molecule has 0 aliphatic heterocycles. The first-order valence-electron chi connectivity index (χ1n) is 10.1. The van der Waals surface area contributed by atoms with E-state index in [1.54, 1.807) is 12.4 Å². The molecule has 0 spiro atoms. The lowest BCUT2D eigenvalue weighted by molar-refractivity contribution is -0.123. The minimum absolute atomic E-state index is 0.200. The Morgan fingerprint density at radius 2 is 1.79 bits per heavy atom. The Morgan fingerprint density at radius 1 is 1.03 bits per heavy atom. The molecular formula is C25H18Br2IN3O3. The van der Waals surface area contributed by atoms with Crippen LogP contribution in [0.4, 0.5) is 0 Å². The Hall–Kier alpha value is -2.50. The maximum Gasteiger partial charge on any atom is 0.277 e. The maximum absolute atomic E-state index is 12.2. The third kappa shape index (κ3) is 6.55. The summed E-state index contributed by atoms with van der Waals surface area (Å²) in [6, 6.07) is 21.3. The van der Waals surface area contributed by atoms with E-state index in [4.69, 9.17) is 9.47 Å². The van der Waals surface area contributed by atoms with E-state index in [2.05, 4.69) is 82.1 Å². The highest BCUT2D eigenvalue weighted by Crippen LogP contribution is 2.37. The molecule has 0 saturated heterocycles. The number of nitrogens with zero attached hydrogens (tertiary/aromatic N) is 2. The van der Waals surface area contributed by atoms with Gasteiger partial charge in [0.05, 0.1) is 10.7 Å². The van der Waals surface area contributed by atoms with Gasteiger partial charge in [-0.3, -0.25) is 9.78 Å². The topological polar surface area (TPSA) is 72.8 Å². The number of pyridine rings is 1. The Bertz CT molecular complexity index is 1330. The number of fused-ring (bicyclic) bond motifs is 1. The molecule has 1 N–H and O–H groups in total. The van der Waals surface area contributed by atoms with Gasteiger partial charge in [0.1, 0.15) is 17.9 Å². The van der Waals surface area contributed by atoms with Crippen LogP contribution in [-0.2, 0) is 11.4 Å². The standard InChI is InChI=1S/C25H18Br2IN3O3/c26-21-12-22(27)25(24-20(21)2-1-11-29-24)34-15-23(32)31-30-13-16-5-9-19(10-6-16)33-14-17-3-7-18(28)8-4-17/h1-13H,14-15H2,(H,31,32)/b30-13+. The molecule has 1 heterocycles. The third-order valence-corrected chi connectivity index (χ3v) is 6.66. The van der Waals surface area contributed by atoms with E-state index < -0.39 is 0 Å². The number of nitrogens with one attached hydrogen (secondary N) is 1. The van der Waals surface area contributed by atoms with Crippen LogP contribution >= 0.6 is 54.5 Å². The van der Waals surface area contributed by atoms with E-state index >= 15 is 0 Å². The predicted octanol–water partition coefficient (Wildman–Crippen LogP) is 6.47. The van der Waals surface area contributed by atoms with E-state index in [1.165, 1.54) is 3.57 Å². The number of benzene rings is 3. The molecule has 0 saturated carbocycles. The van der Waals surface area contributed by atoms with Gasteiger partial charge in [-0.2, -0.15) is 5.10 Å². The van der Waals surface area contributed by atoms with E-state index in [9.17, 15) is 4.79 Å². The lowest BCUT2D eigenvalue weighted by Crippen LogP contribution is -2.24. The molecule has 0 atom stereocenters. The van der Waals surface area contributed by atoms with Crippen LogP contribution in [-0.4, -0.2) is 23.7 Å². The molecular weight excluding hydrogens is 677 g/mol. The number of hydrogen-bond acceptors (Lipinski definition) is 5. The summed E-state index contributed by atoms with van der Waals surface area (Å²) in [4.78, 5) is 16.6. The fourth-order valence-electron chi connectivity index (χ4n) is 3.03. The Morgan fingerprint density at radius 3 is 2.56 bits per heavy atom. The SMILES string of the molecule is O=C(COc1c(Br)cc(Br)c2cccnc12)N/N=C/c1ccc(OCc2ccc(I)cc2)cc1. The highest BCUT2D eigenvalue weighted by Gasteiger charge is 2.13. The first-order valence-corrected chi connectivity index (χ1v) is 12.8. The van der Waals surface area contributed by atoms with E-state index in [-0.39, 0.29) is 12.5 Å². The van der Waals surface area contributed by atoms with E-state index in [1.807, 2.05) is 54.6 Å². The van der Waals surface area contributed by atoms with Crippen LogP contribution in [0.3, 0.4) is 0 Å². The molecule has 9 heteroatoms. The molecule has 6 nitrogen and oxygen atoms in total. The highest BCUT2D eigenvalue weighted by atomic mass is 127. The first kappa shape index (κ1) is 24.6. The summed E-state index contributed by atoms with van der Waals surface area (Å²) in [5.41, 5.74) is 5.07. The predicted molar refractivity (Wildman–Crippen MR) is 148 cm³/mol. The largest absolute Gasteiger partial charge is 0.489 e. The highest BCUT2D eigenvalue weighted by molar-refractivity contribution is 14.1. The van der Waals surface area contributed by atoms with Crippen molar-refractivity contribution in [2.75, 3.05) is 6.61 Å². The van der Waals surface area contributed by atoms with Gasteiger partial charge in [-0.05, 0) is 98.2 Å². The number of carbonyl (C=O) groups is 1. The summed E-state index contributed by atoms with van der Waals surface area (Å²) in [7, 11) is 0. The second-order valence-electron chi connectivity index (χ2n) is 7.13. The number of amides is 1. The van der Waals surface area contributed by atoms with Gasteiger partial charge in [-0.25, -0.2) is 5.43 Å². The number of halogens is 3. The average molecular weight is 695 g/mol. The molecule has 0 fully saturated rings. The summed E-state index contributed by atoms with van der Waals surface area (Å²) in [6.07, 6.45) is 3.24. The smallest absolute Gasteiger partial charge is 0.277 e. The summed E-state index contributed by atoms with van der Waals surface area (Å²) < 4.78 is 14.3. The number of aromatic nitrogens is 1. The zero-order chi connectivity index (χ0) is 23.9. The molecule has 34 heavy (non-hydrogen) atoms. The monoisotopic (exact) mass is 693 g/mol. The van der Waals surface area contributed by atoms with Crippen molar-refractivity contribution in [2.24, 2.45) is 5.10 Å². The summed E-state index contributed by atoms with van der Waals surface area (Å²) in [6.45, 7) is 0.300. The van der Waals surface area contributed by atoms with Crippen molar-refractivity contribution in [3.05, 3.63) is 96.6 Å². The van der Waals surface area contributed by atoms with Gasteiger partial charge in [0.2, 0.25) is 0 Å². The van der Waals surface area contributed by atoms with Gasteiger partial charge < -0.3 is 9.47 Å². The van der Waals surface area contributed by atoms with Crippen LogP contribution in [0.2, 0.25) is 0 Å². The van der Waals surface area contributed by atoms with Gasteiger partial charge in [-0.15, -0.1) is 0 Å². The van der Waals surface area contributed by atoms with E-state index in [0.717, 1.165) is 26.7 Å². The number of hydrogen-bond donors (Lipinski definition) is 1. The molecule has 3 aromatic carbocycles. The van der Waals surface area contributed by atoms with Crippen LogP contribution in [0.5, 0.6) is 11.5 Å². The Balaban J connectivity index is 1.28. The van der Waals surface area contributed by atoms with Crippen molar-refractivity contribution in [1.82, 2.24) is 10.4 Å². The van der Waals surface area contributed by atoms with Crippen LogP contribution in [0, 0.1) is 3.57 Å². The van der Waals surface area contributed by atoms with Gasteiger partial charge in [0.25, 0.3) is 5.91 Å². The van der Waals surface area contributed by atoms with Crippen LogP contribution in [0.1, 0.15) is 11.1 Å². The van der Waals surface area contributed by atoms with Crippen molar-refractivity contribution < 1.29 is 14.3 Å². The fourth-order valence-corrected chi connectivity index (χ4v) is 4.78. The zero-order valence-electron chi connectivity index (χ0n) is 17.7. The molecule has 172 valence electrons. The first-order chi connectivity index (χ1) is 16.5. The number of carbonyl (C=O) groups excluding carboxylic acids is 1. The van der Waals surface area contributed by atoms with Gasteiger partial charge in [0.15, 0.2) is 12.4 Å². The minimum atomic E-state index is -0.382. The molecule has 4 rings (SSSR count). The zero-order valence-corrected chi connectivity index (χ0v) is 23.0. The molecule has 4 aromatic rings. The molecule has 0 bridgehead atoms. The maximum atomic E-state index is 12.2. The second-order valence-corrected chi connectivity index (χ2v) is 10.1. The van der Waals surface area contributed by atoms with Crippen molar-refractivity contribution in [2.45, 2.75) is 6.61 Å². The van der Waals surface area contributed by atoms with Crippen LogP contribution < -0.4 is 14.9 Å². The van der Waals surface area contributed by atoms with E-state index in [0.29, 0.717) is 22.3 Å². The molecule has 1 amide bonds. The quantitative estimate of drug-likeness (QED) is 0.130. The number of ether oxygens (including phenoxy) is 2. The van der Waals surface area contributed by atoms with Gasteiger partial charge >= 0.3 is 0 Å². The lowest BCUT2D eigenvalue weighted by Gasteiger charge is -2.11. The van der Waals surface area contributed by atoms with Crippen molar-refractivity contribution >= 4 is 77.5 Å². The number of hydrazone groups is 1. The molecule has 0 unspecified atom stereocenters. The van der Waals surface area contributed by atoms with Gasteiger partial charge in [0, 0.05) is 19.6 Å². The van der Waals surface area contributed by atoms with Crippen molar-refractivity contribution in [3.8, 4) is 11.5 Å². The van der Waals surface area contributed by atoms with Crippen LogP contribution in [0.25, 0.3) is 10.9 Å². The van der Waals surface area contributed by atoms with Crippen molar-refractivity contribution in [3.63, 3.8) is 0 Å². The summed E-state index contributed by atoms with van der Waals surface area (Å²) in [5.74, 6) is 0.875.